The molecule has 3 aromatic rings. The summed E-state index contributed by atoms with van der Waals surface area (Å²) in [5.41, 5.74) is 0.743. The smallest absolute Gasteiger partial charge is 0.241 e. The number of aromatic nitrogens is 2. The fourth-order valence-electron chi connectivity index (χ4n) is 3.85. The van der Waals surface area contributed by atoms with Gasteiger partial charge >= 0.3 is 0 Å². The van der Waals surface area contributed by atoms with Gasteiger partial charge in [-0.05, 0) is 23.6 Å². The van der Waals surface area contributed by atoms with Crippen LogP contribution in [0.3, 0.4) is 0 Å². The Hall–Kier alpha value is -3.55. The maximum atomic E-state index is 12.8. The molecule has 0 spiro atoms. The third-order valence-corrected chi connectivity index (χ3v) is 6.53. The maximum absolute atomic E-state index is 12.8. The first-order chi connectivity index (χ1) is 16.6. The van der Waals surface area contributed by atoms with Crippen molar-refractivity contribution in [2.45, 2.75) is 25.8 Å². The Morgan fingerprint density at radius 3 is 2.59 bits per heavy atom. The summed E-state index contributed by atoms with van der Waals surface area (Å²) in [6, 6.07) is 15.2. The van der Waals surface area contributed by atoms with E-state index >= 15 is 0 Å². The largest absolute Gasteiger partial charge is 0.340 e. The molecular formula is C24H26N6O3S. The second kappa shape index (κ2) is 11.5. The number of carbonyl (C=O) groups is 2. The zero-order chi connectivity index (χ0) is 23.8. The lowest BCUT2D eigenvalue weighted by atomic mass is 10.2. The van der Waals surface area contributed by atoms with Gasteiger partial charge in [-0.2, -0.15) is 10.2 Å². The van der Waals surface area contributed by atoms with E-state index in [1.54, 1.807) is 21.1 Å². The molecule has 9 nitrogen and oxygen atoms in total. The molecule has 0 unspecified atom stereocenters. The topological polar surface area (TPSA) is 107 Å². The molecule has 34 heavy (non-hydrogen) atoms. The predicted octanol–water partition coefficient (Wildman–Crippen LogP) is 3.17. The number of piperazine rings is 1. The Bertz CT molecular complexity index is 1120. The van der Waals surface area contributed by atoms with Crippen molar-refractivity contribution in [3.63, 3.8) is 0 Å². The fourth-order valence-corrected chi connectivity index (χ4v) is 4.50. The molecule has 0 saturated carbocycles. The van der Waals surface area contributed by atoms with Crippen LogP contribution < -0.4 is 4.90 Å². The molecule has 3 heterocycles. The Balaban J connectivity index is 1.23. The minimum atomic E-state index is -0.147. The first-order valence-electron chi connectivity index (χ1n) is 11.2. The molecular weight excluding hydrogens is 452 g/mol. The van der Waals surface area contributed by atoms with E-state index in [0.29, 0.717) is 51.0 Å². The molecule has 2 amide bonds. The minimum absolute atomic E-state index is 0.0286. The minimum Gasteiger partial charge on any atom is -0.340 e. The third-order valence-electron chi connectivity index (χ3n) is 5.66. The lowest BCUT2D eigenvalue weighted by Crippen LogP contribution is -2.48. The summed E-state index contributed by atoms with van der Waals surface area (Å²) in [5.74, 6) is 0.986. The number of para-hydroxylation sites is 1. The number of amides is 2. The van der Waals surface area contributed by atoms with E-state index in [1.807, 2.05) is 47.8 Å². The van der Waals surface area contributed by atoms with E-state index in [9.17, 15) is 9.59 Å². The number of benzene rings is 1. The van der Waals surface area contributed by atoms with E-state index in [2.05, 4.69) is 21.1 Å². The Morgan fingerprint density at radius 2 is 1.88 bits per heavy atom. The Labute approximate surface area is 202 Å². The third kappa shape index (κ3) is 6.07. The summed E-state index contributed by atoms with van der Waals surface area (Å²) in [6.45, 7) is 3.45. The molecule has 0 N–H and O–H groups in total. The van der Waals surface area contributed by atoms with Crippen LogP contribution >= 0.6 is 11.3 Å². The van der Waals surface area contributed by atoms with Crippen LogP contribution in [0.4, 0.5) is 5.69 Å². The molecule has 1 saturated heterocycles. The summed E-state index contributed by atoms with van der Waals surface area (Å²) in [4.78, 5) is 36.5. The second-order valence-electron chi connectivity index (χ2n) is 7.93. The highest BCUT2D eigenvalue weighted by atomic mass is 32.1. The van der Waals surface area contributed by atoms with Crippen LogP contribution in [-0.2, 0) is 16.1 Å². The number of anilines is 1. The average molecular weight is 479 g/mol. The van der Waals surface area contributed by atoms with Crippen molar-refractivity contribution in [2.75, 3.05) is 37.6 Å². The van der Waals surface area contributed by atoms with Crippen molar-refractivity contribution in [2.24, 2.45) is 0 Å². The molecule has 176 valence electrons. The normalized spacial score (nSPS) is 14.0. The highest BCUT2D eigenvalue weighted by Gasteiger charge is 2.24. The molecule has 2 aromatic heterocycles. The quantitative estimate of drug-likeness (QED) is 0.465. The monoisotopic (exact) mass is 478 g/mol. The van der Waals surface area contributed by atoms with Gasteiger partial charge in [0.05, 0.1) is 23.9 Å². The number of carbonyl (C=O) groups excluding carboxylic acids is 2. The molecule has 0 radical (unpaired) electrons. The van der Waals surface area contributed by atoms with Crippen LogP contribution in [0.2, 0.25) is 0 Å². The SMILES string of the molecule is N#CCCN(C(=O)CCC(=O)N1CCN(Cc2nc(-c3cccs3)no2)CC1)c1ccccc1. The molecule has 0 aliphatic carbocycles. The van der Waals surface area contributed by atoms with Crippen molar-refractivity contribution < 1.29 is 14.1 Å². The number of rotatable bonds is 9. The molecule has 4 rings (SSSR count). The molecule has 10 heteroatoms. The van der Waals surface area contributed by atoms with Crippen LogP contribution in [0.25, 0.3) is 10.7 Å². The number of nitriles is 1. The van der Waals surface area contributed by atoms with Gasteiger partial charge in [-0.1, -0.05) is 29.4 Å². The Morgan fingerprint density at radius 1 is 1.09 bits per heavy atom. The standard InChI is InChI=1S/C24H26N6O3S/c25-11-5-12-30(19-6-2-1-3-7-19)23(32)10-9-22(31)29-15-13-28(14-16-29)18-21-26-24(27-33-21)20-8-4-17-34-20/h1-4,6-8,17H,5,9-10,12-16,18H2. The maximum Gasteiger partial charge on any atom is 0.241 e. The van der Waals surface area contributed by atoms with Gasteiger partial charge in [0.25, 0.3) is 0 Å². The lowest BCUT2D eigenvalue weighted by molar-refractivity contribution is -0.134. The van der Waals surface area contributed by atoms with E-state index in [1.165, 1.54) is 0 Å². The van der Waals surface area contributed by atoms with Crippen molar-refractivity contribution in [3.05, 3.63) is 53.7 Å². The predicted molar refractivity (Wildman–Crippen MR) is 128 cm³/mol. The van der Waals surface area contributed by atoms with E-state index in [0.717, 1.165) is 10.6 Å². The van der Waals surface area contributed by atoms with E-state index in [4.69, 9.17) is 9.78 Å². The zero-order valence-electron chi connectivity index (χ0n) is 18.8. The van der Waals surface area contributed by atoms with Crippen LogP contribution in [0.15, 0.2) is 52.4 Å². The van der Waals surface area contributed by atoms with Gasteiger partial charge in [0, 0.05) is 51.3 Å². The molecule has 1 fully saturated rings. The van der Waals surface area contributed by atoms with Gasteiger partial charge in [0.1, 0.15) is 0 Å². The molecule has 1 aliphatic rings. The van der Waals surface area contributed by atoms with Crippen molar-refractivity contribution >= 4 is 28.8 Å². The van der Waals surface area contributed by atoms with E-state index in [-0.39, 0.29) is 31.1 Å². The number of nitrogens with zero attached hydrogens (tertiary/aromatic N) is 6. The Kier molecular flexibility index (Phi) is 8.01. The highest BCUT2D eigenvalue weighted by molar-refractivity contribution is 7.13. The number of thiophene rings is 1. The first kappa shape index (κ1) is 23.6. The second-order valence-corrected chi connectivity index (χ2v) is 8.88. The van der Waals surface area contributed by atoms with Gasteiger partial charge in [-0.15, -0.1) is 11.3 Å². The summed E-state index contributed by atoms with van der Waals surface area (Å²) in [7, 11) is 0. The van der Waals surface area contributed by atoms with Crippen LogP contribution in [0, 0.1) is 11.3 Å². The van der Waals surface area contributed by atoms with Gasteiger partial charge in [0.2, 0.25) is 23.5 Å². The number of hydrogen-bond donors (Lipinski definition) is 0. The molecule has 0 atom stereocenters. The molecule has 1 aromatic carbocycles. The summed E-state index contributed by atoms with van der Waals surface area (Å²) < 4.78 is 5.38. The van der Waals surface area contributed by atoms with Crippen molar-refractivity contribution in [3.8, 4) is 16.8 Å². The first-order valence-corrected chi connectivity index (χ1v) is 12.1. The van der Waals surface area contributed by atoms with Crippen molar-refractivity contribution in [1.82, 2.24) is 19.9 Å². The molecule has 0 bridgehead atoms. The lowest BCUT2D eigenvalue weighted by Gasteiger charge is -2.34. The van der Waals surface area contributed by atoms with Gasteiger partial charge in [-0.25, -0.2) is 0 Å². The van der Waals surface area contributed by atoms with Crippen LogP contribution in [0.1, 0.15) is 25.2 Å². The summed E-state index contributed by atoms with van der Waals surface area (Å²) >= 11 is 1.57. The van der Waals surface area contributed by atoms with Crippen molar-refractivity contribution in [1.29, 1.82) is 5.26 Å². The highest BCUT2D eigenvalue weighted by Crippen LogP contribution is 2.22. The fraction of sp³-hybridized carbons (Fsp3) is 0.375. The van der Waals surface area contributed by atoms with Crippen LogP contribution in [0.5, 0.6) is 0 Å². The van der Waals surface area contributed by atoms with Gasteiger partial charge in [0.15, 0.2) is 0 Å². The van der Waals surface area contributed by atoms with E-state index < -0.39 is 0 Å². The van der Waals surface area contributed by atoms with Gasteiger partial charge in [-0.3, -0.25) is 14.5 Å². The van der Waals surface area contributed by atoms with Crippen LogP contribution in [-0.4, -0.2) is 64.5 Å². The molecule has 1 aliphatic heterocycles. The average Bonchev–Trinajstić information content (AvgIpc) is 3.56. The van der Waals surface area contributed by atoms with Gasteiger partial charge < -0.3 is 14.3 Å². The summed E-state index contributed by atoms with van der Waals surface area (Å²) in [5, 5.41) is 14.9. The number of hydrogen-bond acceptors (Lipinski definition) is 8. The summed E-state index contributed by atoms with van der Waals surface area (Å²) in [6.07, 6.45) is 0.515. The zero-order valence-corrected chi connectivity index (χ0v) is 19.6.